The normalized spacial score (nSPS) is 11.3. The maximum absolute atomic E-state index is 12.2. The summed E-state index contributed by atoms with van der Waals surface area (Å²) in [7, 11) is -3.81. The van der Waals surface area contributed by atoms with Gasteiger partial charge in [0.2, 0.25) is 0 Å². The molecular weight excluding hydrogens is 368 g/mol. The summed E-state index contributed by atoms with van der Waals surface area (Å²) in [6.07, 6.45) is 1.10. The van der Waals surface area contributed by atoms with Crippen molar-refractivity contribution in [3.63, 3.8) is 0 Å². The van der Waals surface area contributed by atoms with E-state index in [-0.39, 0.29) is 9.92 Å². The molecule has 0 aliphatic heterocycles. The number of aromatic amines is 1. The molecule has 0 spiro atoms. The molecule has 5 nitrogen and oxygen atoms in total. The van der Waals surface area contributed by atoms with Gasteiger partial charge in [-0.1, -0.05) is 27.5 Å². The molecule has 1 heterocycles. The molecule has 0 saturated carbocycles. The number of hydrogen-bond acceptors (Lipinski definition) is 3. The SMILES string of the molecule is Cc1cc(Br)cc(NS(=O)(=O)c2c[nH]c(=O)c(Cl)c2)c1. The minimum atomic E-state index is -3.81. The molecule has 0 unspecified atom stereocenters. The molecule has 0 atom stereocenters. The van der Waals surface area contributed by atoms with Crippen LogP contribution in [-0.2, 0) is 10.0 Å². The number of sulfonamides is 1. The van der Waals surface area contributed by atoms with Crippen molar-refractivity contribution in [1.82, 2.24) is 4.98 Å². The molecule has 106 valence electrons. The minimum absolute atomic E-state index is 0.111. The number of aromatic nitrogens is 1. The van der Waals surface area contributed by atoms with Gasteiger partial charge in [0, 0.05) is 10.7 Å². The summed E-state index contributed by atoms with van der Waals surface area (Å²) in [5.41, 5.74) is 0.777. The van der Waals surface area contributed by atoms with Crippen molar-refractivity contribution in [3.05, 3.63) is 55.9 Å². The summed E-state index contributed by atoms with van der Waals surface area (Å²) in [5.74, 6) is 0. The maximum atomic E-state index is 12.2. The van der Waals surface area contributed by atoms with E-state index in [4.69, 9.17) is 11.6 Å². The molecule has 0 saturated heterocycles. The number of hydrogen-bond donors (Lipinski definition) is 2. The Bertz CT molecular complexity index is 797. The first-order chi connectivity index (χ1) is 9.28. The summed E-state index contributed by atoms with van der Waals surface area (Å²) >= 11 is 8.92. The molecule has 8 heteroatoms. The monoisotopic (exact) mass is 376 g/mol. The van der Waals surface area contributed by atoms with Gasteiger partial charge >= 0.3 is 0 Å². The van der Waals surface area contributed by atoms with Crippen molar-refractivity contribution >= 4 is 43.2 Å². The van der Waals surface area contributed by atoms with Gasteiger partial charge < -0.3 is 4.98 Å². The average Bonchev–Trinajstić information content (AvgIpc) is 2.30. The molecule has 2 rings (SSSR count). The first-order valence-electron chi connectivity index (χ1n) is 5.46. The van der Waals surface area contributed by atoms with E-state index in [1.807, 2.05) is 13.0 Å². The fourth-order valence-electron chi connectivity index (χ4n) is 1.60. The van der Waals surface area contributed by atoms with Crippen LogP contribution in [0.4, 0.5) is 5.69 Å². The second kappa shape index (κ2) is 5.59. The van der Waals surface area contributed by atoms with E-state index in [2.05, 4.69) is 25.6 Å². The van der Waals surface area contributed by atoms with Crippen molar-refractivity contribution in [2.45, 2.75) is 11.8 Å². The standard InChI is InChI=1S/C12H10BrClN2O3S/c1-7-2-8(13)4-9(3-7)16-20(18,19)10-5-11(14)12(17)15-6-10/h2-6,16H,1H3,(H,15,17). The molecule has 20 heavy (non-hydrogen) atoms. The maximum Gasteiger partial charge on any atom is 0.266 e. The summed E-state index contributed by atoms with van der Waals surface area (Å²) in [5, 5.41) is -0.182. The lowest BCUT2D eigenvalue weighted by Gasteiger charge is -2.09. The Morgan fingerprint density at radius 1 is 1.25 bits per heavy atom. The largest absolute Gasteiger partial charge is 0.326 e. The van der Waals surface area contributed by atoms with Gasteiger partial charge in [-0.3, -0.25) is 9.52 Å². The van der Waals surface area contributed by atoms with Crippen LogP contribution < -0.4 is 10.3 Å². The summed E-state index contributed by atoms with van der Waals surface area (Å²) < 4.78 is 27.5. The molecule has 1 aromatic heterocycles. The Labute approximate surface area is 129 Å². The van der Waals surface area contributed by atoms with Crippen LogP contribution in [0.25, 0.3) is 0 Å². The van der Waals surface area contributed by atoms with E-state index >= 15 is 0 Å². The Kier molecular flexibility index (Phi) is 4.22. The van der Waals surface area contributed by atoms with Crippen molar-refractivity contribution in [1.29, 1.82) is 0 Å². The molecule has 0 radical (unpaired) electrons. The van der Waals surface area contributed by atoms with Crippen molar-refractivity contribution in [3.8, 4) is 0 Å². The van der Waals surface area contributed by atoms with Crippen LogP contribution in [0.3, 0.4) is 0 Å². The Morgan fingerprint density at radius 3 is 2.55 bits per heavy atom. The van der Waals surface area contributed by atoms with Crippen LogP contribution >= 0.6 is 27.5 Å². The Hall–Kier alpha value is -1.31. The Balaban J connectivity index is 2.40. The molecular formula is C12H10BrClN2O3S. The van der Waals surface area contributed by atoms with E-state index in [0.29, 0.717) is 5.69 Å². The third kappa shape index (κ3) is 3.41. The van der Waals surface area contributed by atoms with Crippen LogP contribution in [0.1, 0.15) is 5.56 Å². The number of H-pyrrole nitrogens is 1. The highest BCUT2D eigenvalue weighted by Gasteiger charge is 2.16. The molecule has 0 bridgehead atoms. The van der Waals surface area contributed by atoms with Crippen molar-refractivity contribution in [2.24, 2.45) is 0 Å². The fraction of sp³-hybridized carbons (Fsp3) is 0.0833. The summed E-state index contributed by atoms with van der Waals surface area (Å²) in [6, 6.07) is 6.29. The molecule has 1 aromatic carbocycles. The second-order valence-corrected chi connectivity index (χ2v) is 7.14. The highest BCUT2D eigenvalue weighted by atomic mass is 79.9. The number of aryl methyl sites for hydroxylation is 1. The highest BCUT2D eigenvalue weighted by molar-refractivity contribution is 9.10. The van der Waals surface area contributed by atoms with Crippen LogP contribution in [0.15, 0.2) is 44.6 Å². The quantitative estimate of drug-likeness (QED) is 0.863. The van der Waals surface area contributed by atoms with Gasteiger partial charge in [0.1, 0.15) is 9.92 Å². The molecule has 0 amide bonds. The number of halogens is 2. The molecule has 2 aromatic rings. The van der Waals surface area contributed by atoms with E-state index in [0.717, 1.165) is 22.3 Å². The van der Waals surface area contributed by atoms with Gasteiger partial charge in [-0.2, -0.15) is 0 Å². The predicted octanol–water partition coefficient (Wildman–Crippen LogP) is 2.90. The smallest absolute Gasteiger partial charge is 0.266 e. The van der Waals surface area contributed by atoms with E-state index in [1.54, 1.807) is 12.1 Å². The number of pyridine rings is 1. The number of benzene rings is 1. The number of rotatable bonds is 3. The fourth-order valence-corrected chi connectivity index (χ4v) is 3.48. The van der Waals surface area contributed by atoms with Crippen LogP contribution in [-0.4, -0.2) is 13.4 Å². The van der Waals surface area contributed by atoms with Gasteiger partial charge in [-0.15, -0.1) is 0 Å². The Morgan fingerprint density at radius 2 is 1.95 bits per heavy atom. The second-order valence-electron chi connectivity index (χ2n) is 4.14. The average molecular weight is 378 g/mol. The third-order valence-electron chi connectivity index (χ3n) is 2.44. The summed E-state index contributed by atoms with van der Waals surface area (Å²) in [6.45, 7) is 1.85. The molecule has 0 aliphatic carbocycles. The van der Waals surface area contributed by atoms with Crippen LogP contribution in [0.2, 0.25) is 5.02 Å². The third-order valence-corrected chi connectivity index (χ3v) is 4.54. The van der Waals surface area contributed by atoms with E-state index in [9.17, 15) is 13.2 Å². The van der Waals surface area contributed by atoms with Gasteiger partial charge in [-0.25, -0.2) is 8.42 Å². The van der Waals surface area contributed by atoms with Gasteiger partial charge in [0.05, 0.1) is 5.69 Å². The zero-order valence-electron chi connectivity index (χ0n) is 10.3. The molecule has 2 N–H and O–H groups in total. The predicted molar refractivity (Wildman–Crippen MR) is 81.8 cm³/mol. The van der Waals surface area contributed by atoms with Crippen molar-refractivity contribution < 1.29 is 8.42 Å². The zero-order chi connectivity index (χ0) is 14.9. The lowest BCUT2D eigenvalue weighted by Crippen LogP contribution is -2.16. The number of anilines is 1. The molecule has 0 fully saturated rings. The lowest BCUT2D eigenvalue weighted by atomic mass is 10.2. The van der Waals surface area contributed by atoms with Crippen molar-refractivity contribution in [2.75, 3.05) is 4.72 Å². The molecule has 0 aliphatic rings. The highest BCUT2D eigenvalue weighted by Crippen LogP contribution is 2.22. The minimum Gasteiger partial charge on any atom is -0.326 e. The van der Waals surface area contributed by atoms with E-state index in [1.165, 1.54) is 0 Å². The van der Waals surface area contributed by atoms with E-state index < -0.39 is 15.6 Å². The topological polar surface area (TPSA) is 79.0 Å². The number of nitrogens with one attached hydrogen (secondary N) is 2. The first-order valence-corrected chi connectivity index (χ1v) is 8.11. The lowest BCUT2D eigenvalue weighted by molar-refractivity contribution is 0.600. The van der Waals surface area contributed by atoms with Gasteiger partial charge in [0.25, 0.3) is 15.6 Å². The van der Waals surface area contributed by atoms with Gasteiger partial charge in [0.15, 0.2) is 0 Å². The first kappa shape index (κ1) is 15.1. The van der Waals surface area contributed by atoms with Crippen LogP contribution in [0, 0.1) is 6.92 Å². The summed E-state index contributed by atoms with van der Waals surface area (Å²) in [4.78, 5) is 13.3. The zero-order valence-corrected chi connectivity index (χ0v) is 13.4. The van der Waals surface area contributed by atoms with Gasteiger partial charge in [-0.05, 0) is 36.8 Å². The van der Waals surface area contributed by atoms with Crippen LogP contribution in [0.5, 0.6) is 0 Å².